The van der Waals surface area contributed by atoms with Gasteiger partial charge in [-0.2, -0.15) is 0 Å². The van der Waals surface area contributed by atoms with Crippen molar-refractivity contribution in [1.29, 1.82) is 0 Å². The maximum Gasteiger partial charge on any atom is 0.106 e. The van der Waals surface area contributed by atoms with Crippen LogP contribution in [-0.2, 0) is 4.74 Å². The quantitative estimate of drug-likeness (QED) is 0.408. The van der Waals surface area contributed by atoms with Crippen molar-refractivity contribution in [3.05, 3.63) is 24.6 Å². The molecule has 0 amide bonds. The molecule has 0 aromatic carbocycles. The Kier molecular flexibility index (Phi) is 3.15. The van der Waals surface area contributed by atoms with Gasteiger partial charge in [-0.1, -0.05) is 12.2 Å². The van der Waals surface area contributed by atoms with Crippen LogP contribution in [0.3, 0.4) is 0 Å². The molecule has 0 aromatic heterocycles. The van der Waals surface area contributed by atoms with Crippen molar-refractivity contribution in [2.45, 2.75) is 0 Å². The van der Waals surface area contributed by atoms with Crippen LogP contribution in [-0.4, -0.2) is 12.4 Å². The lowest BCUT2D eigenvalue weighted by atomic mass is 10.5. The summed E-state index contributed by atoms with van der Waals surface area (Å²) in [5.41, 5.74) is 0. The van der Waals surface area contributed by atoms with E-state index in [0.29, 0.717) is 6.61 Å². The summed E-state index contributed by atoms with van der Waals surface area (Å²) in [6.07, 6.45) is 7.52. The predicted molar refractivity (Wildman–Crippen MR) is 39.8 cm³/mol. The Morgan fingerprint density at radius 1 is 1.44 bits per heavy atom. The lowest BCUT2D eigenvalue weighted by molar-refractivity contribution is 0.288. The third kappa shape index (κ3) is 3.08. The molecular formula is C6H9NOS. The SMILES string of the molecule is C1=C\CSN/C=C\OC/1. The van der Waals surface area contributed by atoms with E-state index in [4.69, 9.17) is 4.74 Å². The molecule has 1 aliphatic rings. The molecule has 0 unspecified atom stereocenters. The average molecular weight is 143 g/mol. The van der Waals surface area contributed by atoms with Gasteiger partial charge < -0.3 is 9.46 Å². The molecule has 0 aliphatic carbocycles. The van der Waals surface area contributed by atoms with E-state index in [0.717, 1.165) is 5.75 Å². The Bertz CT molecular complexity index is 108. The maximum atomic E-state index is 5.01. The highest BCUT2D eigenvalue weighted by atomic mass is 32.2. The summed E-state index contributed by atoms with van der Waals surface area (Å²) in [5.74, 6) is 0.994. The molecule has 0 radical (unpaired) electrons. The van der Waals surface area contributed by atoms with Crippen LogP contribution >= 0.6 is 11.9 Å². The number of ether oxygens (including phenoxy) is 1. The first-order valence-electron chi connectivity index (χ1n) is 2.79. The first-order valence-corrected chi connectivity index (χ1v) is 3.77. The standard InChI is InChI=1S/C6H9NOS/c1-2-6-9-7-3-5-8-4-1/h1-3,5,7H,4,6H2/b2-1-,5-3-. The Morgan fingerprint density at radius 3 is 3.44 bits per heavy atom. The van der Waals surface area contributed by atoms with E-state index < -0.39 is 0 Å². The van der Waals surface area contributed by atoms with Crippen molar-refractivity contribution >= 4 is 11.9 Å². The van der Waals surface area contributed by atoms with Gasteiger partial charge in [0.25, 0.3) is 0 Å². The van der Waals surface area contributed by atoms with Gasteiger partial charge in [-0.15, -0.1) is 0 Å². The summed E-state index contributed by atoms with van der Waals surface area (Å²) in [7, 11) is 0. The van der Waals surface area contributed by atoms with E-state index in [9.17, 15) is 0 Å². The lowest BCUT2D eigenvalue weighted by Crippen LogP contribution is -1.90. The van der Waals surface area contributed by atoms with Crippen LogP contribution in [0.4, 0.5) is 0 Å². The molecule has 0 atom stereocenters. The summed E-state index contributed by atoms with van der Waals surface area (Å²) in [4.78, 5) is 0. The summed E-state index contributed by atoms with van der Waals surface area (Å²) in [6.45, 7) is 0.679. The smallest absolute Gasteiger partial charge is 0.106 e. The van der Waals surface area contributed by atoms with Crippen LogP contribution in [0, 0.1) is 0 Å². The monoisotopic (exact) mass is 143 g/mol. The van der Waals surface area contributed by atoms with E-state index in [1.807, 2.05) is 6.08 Å². The summed E-state index contributed by atoms with van der Waals surface area (Å²) >= 11 is 1.64. The molecule has 9 heavy (non-hydrogen) atoms. The molecule has 0 bridgehead atoms. The molecule has 0 aromatic rings. The summed E-state index contributed by atoms with van der Waals surface area (Å²) in [5, 5.41) is 0. The Balaban J connectivity index is 2.28. The van der Waals surface area contributed by atoms with Crippen LogP contribution in [0.15, 0.2) is 24.6 Å². The van der Waals surface area contributed by atoms with Crippen molar-refractivity contribution in [2.75, 3.05) is 12.4 Å². The van der Waals surface area contributed by atoms with Gasteiger partial charge in [0.05, 0.1) is 6.26 Å². The van der Waals surface area contributed by atoms with Gasteiger partial charge in [-0.3, -0.25) is 0 Å². The van der Waals surface area contributed by atoms with Crippen molar-refractivity contribution in [1.82, 2.24) is 4.72 Å². The Hall–Kier alpha value is -0.570. The van der Waals surface area contributed by atoms with Crippen molar-refractivity contribution < 1.29 is 4.74 Å². The highest BCUT2D eigenvalue weighted by molar-refractivity contribution is 7.97. The van der Waals surface area contributed by atoms with Crippen LogP contribution < -0.4 is 4.72 Å². The van der Waals surface area contributed by atoms with E-state index in [2.05, 4.69) is 10.8 Å². The second kappa shape index (κ2) is 4.32. The maximum absolute atomic E-state index is 5.01. The molecule has 0 fully saturated rings. The van der Waals surface area contributed by atoms with Crippen LogP contribution in [0.2, 0.25) is 0 Å². The van der Waals surface area contributed by atoms with E-state index in [1.54, 1.807) is 24.4 Å². The Morgan fingerprint density at radius 2 is 2.44 bits per heavy atom. The van der Waals surface area contributed by atoms with E-state index >= 15 is 0 Å². The topological polar surface area (TPSA) is 21.3 Å². The number of hydrogen-bond acceptors (Lipinski definition) is 3. The van der Waals surface area contributed by atoms with Gasteiger partial charge in [0.1, 0.15) is 6.61 Å². The zero-order valence-corrected chi connectivity index (χ0v) is 5.86. The molecular weight excluding hydrogens is 134 g/mol. The predicted octanol–water partition coefficient (Wildman–Crippen LogP) is 1.28. The van der Waals surface area contributed by atoms with Gasteiger partial charge >= 0.3 is 0 Å². The fourth-order valence-electron chi connectivity index (χ4n) is 0.467. The Labute approximate surface area is 59.1 Å². The van der Waals surface area contributed by atoms with Gasteiger partial charge in [-0.05, 0) is 11.9 Å². The zero-order chi connectivity index (χ0) is 6.36. The fraction of sp³-hybridized carbons (Fsp3) is 0.333. The number of hydrogen-bond donors (Lipinski definition) is 1. The number of nitrogens with one attached hydrogen (secondary N) is 1. The minimum atomic E-state index is 0.679. The first kappa shape index (κ1) is 6.55. The first-order chi connectivity index (χ1) is 4.50. The molecule has 50 valence electrons. The molecule has 1 N–H and O–H groups in total. The highest BCUT2D eigenvalue weighted by Gasteiger charge is 1.81. The van der Waals surface area contributed by atoms with Crippen LogP contribution in [0.5, 0.6) is 0 Å². The zero-order valence-electron chi connectivity index (χ0n) is 5.04. The molecule has 0 saturated heterocycles. The third-order valence-corrected chi connectivity index (χ3v) is 1.52. The average Bonchev–Trinajstić information content (AvgIpc) is 2.00. The van der Waals surface area contributed by atoms with Crippen LogP contribution in [0.25, 0.3) is 0 Å². The van der Waals surface area contributed by atoms with Gasteiger partial charge in [-0.25, -0.2) is 0 Å². The van der Waals surface area contributed by atoms with Gasteiger partial charge in [0.15, 0.2) is 0 Å². The fourth-order valence-corrected chi connectivity index (χ4v) is 0.948. The summed E-state index contributed by atoms with van der Waals surface area (Å²) < 4.78 is 8.00. The van der Waals surface area contributed by atoms with Crippen LogP contribution in [0.1, 0.15) is 0 Å². The van der Waals surface area contributed by atoms with E-state index in [-0.39, 0.29) is 0 Å². The minimum absolute atomic E-state index is 0.679. The molecule has 0 spiro atoms. The molecule has 1 aliphatic heterocycles. The normalized spacial score (nSPS) is 25.8. The van der Waals surface area contributed by atoms with E-state index in [1.165, 1.54) is 0 Å². The minimum Gasteiger partial charge on any atom is -0.496 e. The largest absolute Gasteiger partial charge is 0.496 e. The molecule has 1 heterocycles. The summed E-state index contributed by atoms with van der Waals surface area (Å²) in [6, 6.07) is 0. The molecule has 0 saturated carbocycles. The van der Waals surface area contributed by atoms with Crippen molar-refractivity contribution in [3.63, 3.8) is 0 Å². The highest BCUT2D eigenvalue weighted by Crippen LogP contribution is 1.95. The molecule has 3 heteroatoms. The third-order valence-electron chi connectivity index (χ3n) is 0.854. The van der Waals surface area contributed by atoms with Crippen molar-refractivity contribution in [3.8, 4) is 0 Å². The molecule has 2 nitrogen and oxygen atoms in total. The van der Waals surface area contributed by atoms with Gasteiger partial charge in [0.2, 0.25) is 0 Å². The molecule has 1 rings (SSSR count). The second-order valence-corrected chi connectivity index (χ2v) is 2.39. The lowest BCUT2D eigenvalue weighted by Gasteiger charge is -1.91. The number of rotatable bonds is 0. The van der Waals surface area contributed by atoms with Gasteiger partial charge in [0, 0.05) is 12.0 Å². The van der Waals surface area contributed by atoms with Crippen molar-refractivity contribution in [2.24, 2.45) is 0 Å². The second-order valence-electron chi connectivity index (χ2n) is 1.54.